The van der Waals surface area contributed by atoms with Crippen LogP contribution in [0, 0.1) is 0 Å². The normalized spacial score (nSPS) is 20.4. The molecule has 1 fully saturated rings. The third-order valence-electron chi connectivity index (χ3n) is 3.22. The van der Waals surface area contributed by atoms with Crippen molar-refractivity contribution in [3.05, 3.63) is 34.9 Å². The van der Waals surface area contributed by atoms with Gasteiger partial charge in [0.05, 0.1) is 5.88 Å². The Morgan fingerprint density at radius 2 is 1.88 bits per heavy atom. The van der Waals surface area contributed by atoms with Gasteiger partial charge in [0.25, 0.3) is 0 Å². The van der Waals surface area contributed by atoms with Crippen LogP contribution in [-0.2, 0) is 11.1 Å². The number of hydrogen-bond acceptors (Lipinski definition) is 3. The van der Waals surface area contributed by atoms with Crippen LogP contribution in [0.5, 0.6) is 0 Å². The summed E-state index contributed by atoms with van der Waals surface area (Å²) in [7, 11) is 0. The minimum Gasteiger partial charge on any atom is -0.771 e. The fourth-order valence-electron chi connectivity index (χ4n) is 2.28. The van der Waals surface area contributed by atoms with Crippen LogP contribution in [0.1, 0.15) is 24.3 Å². The number of hydrogen-bond donors (Lipinski definition) is 0. The Balaban J connectivity index is 1.90. The van der Waals surface area contributed by atoms with Gasteiger partial charge >= 0.3 is 0 Å². The summed E-state index contributed by atoms with van der Waals surface area (Å²) in [5.74, 6) is 0.691. The predicted octanol–water partition coefficient (Wildman–Crippen LogP) is 2.36. The lowest BCUT2D eigenvalue weighted by Gasteiger charge is -2.32. The monoisotopic (exact) mass is 272 g/mol. The van der Waals surface area contributed by atoms with Gasteiger partial charge in [-0.1, -0.05) is 23.7 Å². The molecule has 1 aliphatic rings. The van der Waals surface area contributed by atoms with Gasteiger partial charge in [-0.3, -0.25) is 9.11 Å². The molecule has 0 radical (unpaired) electrons. The second-order valence-corrected chi connectivity index (χ2v) is 5.68. The van der Waals surface area contributed by atoms with E-state index < -0.39 is 11.1 Å². The van der Waals surface area contributed by atoms with Crippen molar-refractivity contribution in [1.82, 2.24) is 4.90 Å². The van der Waals surface area contributed by atoms with E-state index in [0.717, 1.165) is 31.0 Å². The van der Waals surface area contributed by atoms with Gasteiger partial charge in [-0.25, -0.2) is 0 Å². The summed E-state index contributed by atoms with van der Waals surface area (Å²) in [6.45, 7) is 1.70. The molecule has 0 amide bonds. The Kier molecular flexibility index (Phi) is 4.56. The van der Waals surface area contributed by atoms with Crippen LogP contribution >= 0.6 is 11.6 Å². The van der Waals surface area contributed by atoms with E-state index in [1.54, 1.807) is 0 Å². The molecule has 5 heteroatoms. The van der Waals surface area contributed by atoms with Crippen LogP contribution in [0.4, 0.5) is 0 Å². The number of nitrogens with zero attached hydrogens (tertiary/aromatic N) is 1. The number of benzene rings is 1. The maximum absolute atomic E-state index is 10.6. The predicted molar refractivity (Wildman–Crippen MR) is 68.8 cm³/mol. The largest absolute Gasteiger partial charge is 0.771 e. The topological polar surface area (TPSA) is 43.4 Å². The third kappa shape index (κ3) is 3.78. The first-order chi connectivity index (χ1) is 8.15. The summed E-state index contributed by atoms with van der Waals surface area (Å²) in [6.07, 6.45) is 2.03. The molecule has 1 atom stereocenters. The third-order valence-corrected chi connectivity index (χ3v) is 4.04. The molecule has 0 bridgehead atoms. The number of halogens is 1. The molecule has 1 aromatic carbocycles. The van der Waals surface area contributed by atoms with Gasteiger partial charge in [0, 0.05) is 5.02 Å². The Morgan fingerprint density at radius 3 is 2.41 bits per heavy atom. The fraction of sp³-hybridized carbons (Fsp3) is 0.500. The maximum Gasteiger partial charge on any atom is 0.0613 e. The maximum atomic E-state index is 10.6. The van der Waals surface area contributed by atoms with E-state index >= 15 is 0 Å². The Labute approximate surface area is 109 Å². The minimum absolute atomic E-state index is 0.160. The van der Waals surface area contributed by atoms with Crippen LogP contribution in [0.2, 0.25) is 5.02 Å². The fourth-order valence-corrected chi connectivity index (χ4v) is 2.96. The molecule has 1 aromatic rings. The first kappa shape index (κ1) is 13.0. The van der Waals surface area contributed by atoms with Gasteiger partial charge in [-0.15, -0.1) is 0 Å². The van der Waals surface area contributed by atoms with E-state index in [1.165, 1.54) is 5.56 Å². The van der Waals surface area contributed by atoms with Crippen LogP contribution in [0.15, 0.2) is 24.3 Å². The highest BCUT2D eigenvalue weighted by molar-refractivity contribution is 7.79. The average Bonchev–Trinajstić information content (AvgIpc) is 2.30. The van der Waals surface area contributed by atoms with Crippen molar-refractivity contribution < 1.29 is 8.76 Å². The van der Waals surface area contributed by atoms with Crippen LogP contribution in [0.25, 0.3) is 0 Å². The van der Waals surface area contributed by atoms with E-state index in [-0.39, 0.29) is 5.88 Å². The lowest BCUT2D eigenvalue weighted by molar-refractivity contribution is 0.239. The Hall–Kier alpha value is -0.420. The molecule has 1 heterocycles. The number of rotatable bonds is 3. The molecule has 3 nitrogen and oxygen atoms in total. The molecule has 1 unspecified atom stereocenters. The average molecular weight is 273 g/mol. The zero-order valence-electron chi connectivity index (χ0n) is 9.47. The number of likely N-dealkylation sites (tertiary alicyclic amines) is 1. The van der Waals surface area contributed by atoms with Crippen molar-refractivity contribution in [3.63, 3.8) is 0 Å². The zero-order chi connectivity index (χ0) is 12.3. The summed E-state index contributed by atoms with van der Waals surface area (Å²) in [5, 5.41) is 0.757. The molecule has 17 heavy (non-hydrogen) atoms. The van der Waals surface area contributed by atoms with Crippen LogP contribution in [-0.4, -0.2) is 32.6 Å². The van der Waals surface area contributed by atoms with Gasteiger partial charge in [-0.2, -0.15) is 0 Å². The molecule has 1 aliphatic heterocycles. The zero-order valence-corrected chi connectivity index (χ0v) is 11.0. The summed E-state index contributed by atoms with van der Waals surface area (Å²) >= 11 is 3.89. The molecular formula is C12H15ClNO2S-. The van der Waals surface area contributed by atoms with E-state index in [1.807, 2.05) is 17.0 Å². The Bertz CT molecular complexity index is 388. The van der Waals surface area contributed by atoms with Crippen molar-refractivity contribution in [2.24, 2.45) is 0 Å². The molecule has 0 N–H and O–H groups in total. The Morgan fingerprint density at radius 1 is 1.29 bits per heavy atom. The van der Waals surface area contributed by atoms with E-state index in [4.69, 9.17) is 11.6 Å². The smallest absolute Gasteiger partial charge is 0.0613 e. The van der Waals surface area contributed by atoms with Gasteiger partial charge in [0.1, 0.15) is 0 Å². The van der Waals surface area contributed by atoms with Gasteiger partial charge in [-0.05, 0) is 60.6 Å². The van der Waals surface area contributed by atoms with Crippen molar-refractivity contribution in [2.45, 2.75) is 18.8 Å². The minimum atomic E-state index is -1.96. The summed E-state index contributed by atoms with van der Waals surface area (Å²) in [5.41, 5.74) is 1.30. The van der Waals surface area contributed by atoms with Crippen molar-refractivity contribution in [1.29, 1.82) is 0 Å². The highest BCUT2D eigenvalue weighted by Gasteiger charge is 2.20. The van der Waals surface area contributed by atoms with E-state index in [2.05, 4.69) is 12.1 Å². The van der Waals surface area contributed by atoms with Crippen LogP contribution in [0.3, 0.4) is 0 Å². The quantitative estimate of drug-likeness (QED) is 0.794. The van der Waals surface area contributed by atoms with Gasteiger partial charge in [0.15, 0.2) is 0 Å². The van der Waals surface area contributed by atoms with Gasteiger partial charge < -0.3 is 4.55 Å². The first-order valence-corrected chi connectivity index (χ1v) is 7.31. The number of piperidine rings is 1. The van der Waals surface area contributed by atoms with E-state index in [9.17, 15) is 8.76 Å². The second-order valence-electron chi connectivity index (χ2n) is 4.38. The highest BCUT2D eigenvalue weighted by Crippen LogP contribution is 2.28. The molecule has 0 aromatic heterocycles. The van der Waals surface area contributed by atoms with E-state index in [0.29, 0.717) is 5.92 Å². The summed E-state index contributed by atoms with van der Waals surface area (Å²) < 4.78 is 21.2. The van der Waals surface area contributed by atoms with Crippen molar-refractivity contribution in [2.75, 3.05) is 19.0 Å². The molecule has 0 spiro atoms. The second kappa shape index (κ2) is 5.96. The molecule has 2 rings (SSSR count). The molecule has 94 valence electrons. The highest BCUT2D eigenvalue weighted by atomic mass is 35.5. The lowest BCUT2D eigenvalue weighted by Crippen LogP contribution is -2.35. The lowest BCUT2D eigenvalue weighted by atomic mass is 9.90. The molecule has 0 saturated carbocycles. The van der Waals surface area contributed by atoms with Crippen molar-refractivity contribution in [3.8, 4) is 0 Å². The molecular weight excluding hydrogens is 258 g/mol. The summed E-state index contributed by atoms with van der Waals surface area (Å²) in [4.78, 5) is 1.98. The van der Waals surface area contributed by atoms with Crippen molar-refractivity contribution >= 4 is 22.7 Å². The first-order valence-electron chi connectivity index (χ1n) is 5.69. The van der Waals surface area contributed by atoms with Crippen LogP contribution < -0.4 is 0 Å². The molecule has 1 saturated heterocycles. The van der Waals surface area contributed by atoms with Gasteiger partial charge in [0.2, 0.25) is 0 Å². The standard InChI is InChI=1S/C12H16ClNO2S/c13-12-3-1-10(2-4-12)11-5-7-14(8-6-11)9-17(15)16/h1-4,11H,5-9H2,(H,15,16)/p-1. The summed E-state index contributed by atoms with van der Waals surface area (Å²) in [6, 6.07) is 7.95. The SMILES string of the molecule is O=S([O-])CN1CCC(c2ccc(Cl)cc2)CC1. The molecule has 0 aliphatic carbocycles.